The van der Waals surface area contributed by atoms with Crippen molar-refractivity contribution in [3.05, 3.63) is 24.4 Å². The fourth-order valence-corrected chi connectivity index (χ4v) is 2.27. The Bertz CT molecular complexity index is 715. The monoisotopic (exact) mass is 301 g/mol. The standard InChI is InChI=1S/C16H19N3O3/c1-18(7-4-6-17)16(20)11-19-8-5-13-14(19)9-12(21-2)10-15(13)22-3/h5,8-10H,4,7,11H2,1-3H3. The summed E-state index contributed by atoms with van der Waals surface area (Å²) in [4.78, 5) is 13.8. The van der Waals surface area contributed by atoms with Crippen molar-refractivity contribution in [2.75, 3.05) is 27.8 Å². The topological polar surface area (TPSA) is 67.5 Å². The molecule has 116 valence electrons. The smallest absolute Gasteiger partial charge is 0.242 e. The van der Waals surface area contributed by atoms with Gasteiger partial charge in [-0.15, -0.1) is 0 Å². The Morgan fingerprint density at radius 3 is 2.77 bits per heavy atom. The Morgan fingerprint density at radius 1 is 1.36 bits per heavy atom. The average molecular weight is 301 g/mol. The fraction of sp³-hybridized carbons (Fsp3) is 0.375. The molecule has 0 aliphatic carbocycles. The normalized spacial score (nSPS) is 10.3. The molecule has 0 bridgehead atoms. The number of amides is 1. The lowest BCUT2D eigenvalue weighted by Crippen LogP contribution is -2.30. The van der Waals surface area contributed by atoms with Crippen molar-refractivity contribution in [3.63, 3.8) is 0 Å². The summed E-state index contributed by atoms with van der Waals surface area (Å²) in [6.07, 6.45) is 2.18. The van der Waals surface area contributed by atoms with Crippen LogP contribution in [-0.2, 0) is 11.3 Å². The zero-order chi connectivity index (χ0) is 16.1. The van der Waals surface area contributed by atoms with Crippen LogP contribution in [0.5, 0.6) is 11.5 Å². The molecule has 0 spiro atoms. The van der Waals surface area contributed by atoms with E-state index in [4.69, 9.17) is 14.7 Å². The lowest BCUT2D eigenvalue weighted by molar-refractivity contribution is -0.130. The van der Waals surface area contributed by atoms with E-state index in [2.05, 4.69) is 0 Å². The highest BCUT2D eigenvalue weighted by Crippen LogP contribution is 2.31. The minimum absolute atomic E-state index is 0.0467. The SMILES string of the molecule is COc1cc(OC)c2ccn(CC(=O)N(C)CCC#N)c2c1. The molecule has 6 nitrogen and oxygen atoms in total. The van der Waals surface area contributed by atoms with Gasteiger partial charge in [-0.1, -0.05) is 0 Å². The number of rotatable bonds is 6. The second kappa shape index (κ2) is 6.85. The molecule has 1 aromatic carbocycles. The lowest BCUT2D eigenvalue weighted by atomic mass is 10.2. The van der Waals surface area contributed by atoms with E-state index in [0.29, 0.717) is 24.5 Å². The molecular weight excluding hydrogens is 282 g/mol. The van der Waals surface area contributed by atoms with Crippen molar-refractivity contribution >= 4 is 16.8 Å². The molecule has 1 amide bonds. The molecule has 0 N–H and O–H groups in total. The van der Waals surface area contributed by atoms with Crippen molar-refractivity contribution in [2.45, 2.75) is 13.0 Å². The third-order valence-electron chi connectivity index (χ3n) is 3.57. The maximum Gasteiger partial charge on any atom is 0.242 e. The van der Waals surface area contributed by atoms with E-state index >= 15 is 0 Å². The predicted molar refractivity (Wildman–Crippen MR) is 82.9 cm³/mol. The number of nitrogens with zero attached hydrogens (tertiary/aromatic N) is 3. The van der Waals surface area contributed by atoms with Crippen molar-refractivity contribution in [1.82, 2.24) is 9.47 Å². The summed E-state index contributed by atoms with van der Waals surface area (Å²) in [5.74, 6) is 1.34. The number of fused-ring (bicyclic) bond motifs is 1. The number of ether oxygens (including phenoxy) is 2. The zero-order valence-corrected chi connectivity index (χ0v) is 13.0. The summed E-state index contributed by atoms with van der Waals surface area (Å²) < 4.78 is 12.5. The molecular formula is C16H19N3O3. The molecule has 0 saturated heterocycles. The van der Waals surface area contributed by atoms with Gasteiger partial charge < -0.3 is 18.9 Å². The van der Waals surface area contributed by atoms with Gasteiger partial charge in [-0.3, -0.25) is 4.79 Å². The van der Waals surface area contributed by atoms with Gasteiger partial charge in [0, 0.05) is 37.3 Å². The highest BCUT2D eigenvalue weighted by Gasteiger charge is 2.13. The third kappa shape index (κ3) is 3.14. The predicted octanol–water partition coefficient (Wildman–Crippen LogP) is 2.03. The second-order valence-corrected chi connectivity index (χ2v) is 4.93. The van der Waals surface area contributed by atoms with Crippen LogP contribution >= 0.6 is 0 Å². The van der Waals surface area contributed by atoms with E-state index in [1.807, 2.05) is 35.0 Å². The molecule has 0 radical (unpaired) electrons. The van der Waals surface area contributed by atoms with E-state index in [9.17, 15) is 4.79 Å². The molecule has 6 heteroatoms. The number of hydrogen-bond acceptors (Lipinski definition) is 4. The van der Waals surface area contributed by atoms with E-state index in [1.165, 1.54) is 0 Å². The van der Waals surface area contributed by atoms with Crippen LogP contribution in [0.15, 0.2) is 24.4 Å². The van der Waals surface area contributed by atoms with E-state index in [0.717, 1.165) is 10.9 Å². The van der Waals surface area contributed by atoms with Gasteiger partial charge in [0.2, 0.25) is 5.91 Å². The average Bonchev–Trinajstić information content (AvgIpc) is 2.94. The number of likely N-dealkylation sites (N-methyl/N-ethyl adjacent to an activating group) is 1. The molecule has 0 atom stereocenters. The minimum atomic E-state index is -0.0467. The summed E-state index contributed by atoms with van der Waals surface area (Å²) in [6.45, 7) is 0.642. The number of aromatic nitrogens is 1. The van der Waals surface area contributed by atoms with Gasteiger partial charge >= 0.3 is 0 Å². The highest BCUT2D eigenvalue weighted by molar-refractivity contribution is 5.89. The van der Waals surface area contributed by atoms with Crippen LogP contribution in [0.25, 0.3) is 10.9 Å². The van der Waals surface area contributed by atoms with Crippen molar-refractivity contribution in [2.24, 2.45) is 0 Å². The van der Waals surface area contributed by atoms with Crippen LogP contribution in [0.1, 0.15) is 6.42 Å². The molecule has 2 rings (SSSR count). The molecule has 0 aliphatic rings. The molecule has 0 aliphatic heterocycles. The van der Waals surface area contributed by atoms with Crippen LogP contribution in [0.4, 0.5) is 0 Å². The lowest BCUT2D eigenvalue weighted by Gasteiger charge is -2.16. The van der Waals surface area contributed by atoms with Crippen LogP contribution in [-0.4, -0.2) is 43.2 Å². The summed E-state index contributed by atoms with van der Waals surface area (Å²) in [5, 5.41) is 9.52. The van der Waals surface area contributed by atoms with E-state index < -0.39 is 0 Å². The quantitative estimate of drug-likeness (QED) is 0.818. The summed E-state index contributed by atoms with van der Waals surface area (Å²) in [6, 6.07) is 7.64. The second-order valence-electron chi connectivity index (χ2n) is 4.93. The van der Waals surface area contributed by atoms with Crippen LogP contribution in [0.3, 0.4) is 0 Å². The zero-order valence-electron chi connectivity index (χ0n) is 13.0. The van der Waals surface area contributed by atoms with Gasteiger partial charge in [-0.2, -0.15) is 5.26 Å². The first-order valence-corrected chi connectivity index (χ1v) is 6.92. The molecule has 22 heavy (non-hydrogen) atoms. The van der Waals surface area contributed by atoms with Crippen molar-refractivity contribution in [1.29, 1.82) is 5.26 Å². The summed E-state index contributed by atoms with van der Waals surface area (Å²) >= 11 is 0. The van der Waals surface area contributed by atoms with Gasteiger partial charge in [-0.25, -0.2) is 0 Å². The molecule has 0 saturated carbocycles. The number of nitriles is 1. The maximum atomic E-state index is 12.2. The van der Waals surface area contributed by atoms with Gasteiger partial charge in [-0.05, 0) is 6.07 Å². The molecule has 0 fully saturated rings. The van der Waals surface area contributed by atoms with Crippen molar-refractivity contribution < 1.29 is 14.3 Å². The van der Waals surface area contributed by atoms with Gasteiger partial charge in [0.05, 0.1) is 32.2 Å². The van der Waals surface area contributed by atoms with Gasteiger partial charge in [0.15, 0.2) is 0 Å². The first-order valence-electron chi connectivity index (χ1n) is 6.92. The Hall–Kier alpha value is -2.68. The molecule has 1 heterocycles. The number of methoxy groups -OCH3 is 2. The van der Waals surface area contributed by atoms with Gasteiger partial charge in [0.25, 0.3) is 0 Å². The highest BCUT2D eigenvalue weighted by atomic mass is 16.5. The van der Waals surface area contributed by atoms with Crippen LogP contribution in [0, 0.1) is 11.3 Å². The van der Waals surface area contributed by atoms with Crippen molar-refractivity contribution in [3.8, 4) is 17.6 Å². The van der Waals surface area contributed by atoms with E-state index in [1.54, 1.807) is 26.2 Å². The molecule has 1 aromatic heterocycles. The number of carbonyl (C=O) groups excluding carboxylic acids is 1. The fourth-order valence-electron chi connectivity index (χ4n) is 2.27. The van der Waals surface area contributed by atoms with Crippen LogP contribution in [0.2, 0.25) is 0 Å². The Kier molecular flexibility index (Phi) is 4.89. The molecule has 0 unspecified atom stereocenters. The Balaban J connectivity index is 2.29. The number of carbonyl (C=O) groups is 1. The summed E-state index contributed by atoms with van der Waals surface area (Å²) in [5.41, 5.74) is 0.873. The largest absolute Gasteiger partial charge is 0.497 e. The Labute approximate surface area is 129 Å². The first kappa shape index (κ1) is 15.7. The van der Waals surface area contributed by atoms with E-state index in [-0.39, 0.29) is 12.5 Å². The number of hydrogen-bond donors (Lipinski definition) is 0. The summed E-state index contributed by atoms with van der Waals surface area (Å²) in [7, 11) is 4.90. The minimum Gasteiger partial charge on any atom is -0.497 e. The Morgan fingerprint density at radius 2 is 2.14 bits per heavy atom. The number of benzene rings is 1. The van der Waals surface area contributed by atoms with Crippen LogP contribution < -0.4 is 9.47 Å². The molecule has 2 aromatic rings. The maximum absolute atomic E-state index is 12.2. The third-order valence-corrected chi connectivity index (χ3v) is 3.57. The first-order chi connectivity index (χ1) is 10.6. The van der Waals surface area contributed by atoms with Gasteiger partial charge in [0.1, 0.15) is 18.0 Å².